The molecule has 9 nitrogen and oxygen atoms in total. The first kappa shape index (κ1) is 20.7. The lowest BCUT2D eigenvalue weighted by molar-refractivity contribution is -0.119. The Bertz CT molecular complexity index is 1120. The van der Waals surface area contributed by atoms with Gasteiger partial charge in [-0.25, -0.2) is 13.9 Å². The van der Waals surface area contributed by atoms with Crippen LogP contribution in [0.5, 0.6) is 0 Å². The van der Waals surface area contributed by atoms with Crippen LogP contribution in [0.1, 0.15) is 12.5 Å². The van der Waals surface area contributed by atoms with Crippen molar-refractivity contribution in [3.63, 3.8) is 0 Å². The van der Waals surface area contributed by atoms with E-state index in [1.54, 1.807) is 24.3 Å². The Hall–Kier alpha value is -3.53. The molecule has 1 aromatic heterocycles. The zero-order valence-corrected chi connectivity index (χ0v) is 17.2. The summed E-state index contributed by atoms with van der Waals surface area (Å²) in [4.78, 5) is 24.5. The van der Waals surface area contributed by atoms with Gasteiger partial charge in [-0.3, -0.25) is 9.69 Å². The molecule has 1 saturated heterocycles. The van der Waals surface area contributed by atoms with Gasteiger partial charge in [0, 0.05) is 12.5 Å². The molecule has 0 bridgehead atoms. The van der Waals surface area contributed by atoms with Crippen LogP contribution >= 0.6 is 11.6 Å². The maximum atomic E-state index is 14.8. The number of carbonyl (C=O) groups excluding carboxylic acids is 2. The quantitative estimate of drug-likeness (QED) is 0.627. The van der Waals surface area contributed by atoms with Crippen LogP contribution in [0.3, 0.4) is 0 Å². The third-order valence-corrected chi connectivity index (χ3v) is 5.07. The van der Waals surface area contributed by atoms with Gasteiger partial charge < -0.3 is 10.1 Å². The molecule has 31 heavy (non-hydrogen) atoms. The van der Waals surface area contributed by atoms with Gasteiger partial charge in [0.25, 0.3) is 0 Å². The van der Waals surface area contributed by atoms with E-state index in [0.717, 1.165) is 5.56 Å². The van der Waals surface area contributed by atoms with Gasteiger partial charge in [0.2, 0.25) is 11.2 Å². The molecule has 0 aliphatic carbocycles. The Morgan fingerprint density at radius 3 is 2.71 bits per heavy atom. The summed E-state index contributed by atoms with van der Waals surface area (Å²) in [6.07, 6.45) is -1.06. The topological polar surface area (TPSA) is 102 Å². The molecule has 4 rings (SSSR count). The van der Waals surface area contributed by atoms with Crippen molar-refractivity contribution in [2.24, 2.45) is 0 Å². The zero-order valence-electron chi connectivity index (χ0n) is 16.5. The maximum Gasteiger partial charge on any atom is 0.414 e. The molecule has 0 unspecified atom stereocenters. The number of tetrazole rings is 1. The summed E-state index contributed by atoms with van der Waals surface area (Å²) in [7, 11) is 0. The van der Waals surface area contributed by atoms with Crippen molar-refractivity contribution in [3.05, 3.63) is 59.1 Å². The molecular formula is C20H18ClFN6O3. The fourth-order valence-corrected chi connectivity index (χ4v) is 3.38. The van der Waals surface area contributed by atoms with E-state index < -0.39 is 18.0 Å². The molecule has 1 atom stereocenters. The van der Waals surface area contributed by atoms with Gasteiger partial charge in [-0.1, -0.05) is 29.4 Å². The number of rotatable bonds is 6. The van der Waals surface area contributed by atoms with Crippen molar-refractivity contribution in [1.29, 1.82) is 0 Å². The van der Waals surface area contributed by atoms with Crippen LogP contribution in [0, 0.1) is 5.82 Å². The number of nitrogens with zero attached hydrogens (tertiary/aromatic N) is 5. The highest BCUT2D eigenvalue weighted by atomic mass is 35.5. The highest BCUT2D eigenvalue weighted by molar-refractivity contribution is 6.28. The molecule has 0 saturated carbocycles. The number of anilines is 1. The number of benzene rings is 2. The van der Waals surface area contributed by atoms with Crippen LogP contribution in [-0.2, 0) is 16.1 Å². The maximum absolute atomic E-state index is 14.8. The lowest BCUT2D eigenvalue weighted by Crippen LogP contribution is -2.33. The lowest BCUT2D eigenvalue weighted by atomic mass is 10.0. The molecule has 1 aliphatic rings. The summed E-state index contributed by atoms with van der Waals surface area (Å²) >= 11 is 5.88. The van der Waals surface area contributed by atoms with Gasteiger partial charge in [0.15, 0.2) is 0 Å². The number of hydrogen-bond acceptors (Lipinski definition) is 6. The van der Waals surface area contributed by atoms with Gasteiger partial charge in [0.05, 0.1) is 25.3 Å². The first-order chi connectivity index (χ1) is 14.9. The fourth-order valence-electron chi connectivity index (χ4n) is 3.26. The summed E-state index contributed by atoms with van der Waals surface area (Å²) in [6, 6.07) is 11.8. The van der Waals surface area contributed by atoms with Crippen LogP contribution in [0.15, 0.2) is 42.5 Å². The Labute approximate surface area is 181 Å². The molecule has 2 amide bonds. The van der Waals surface area contributed by atoms with E-state index in [9.17, 15) is 14.0 Å². The second-order valence-corrected chi connectivity index (χ2v) is 7.36. The molecule has 2 aromatic carbocycles. The smallest absolute Gasteiger partial charge is 0.414 e. The van der Waals surface area contributed by atoms with E-state index in [-0.39, 0.29) is 24.3 Å². The standard InChI is InChI=1S/C20H18ClFN6O3/c1-12(29)23-9-16-11-27(20(30)31-16)15-6-7-17(18(22)8-15)14-4-2-13(3-5-14)10-28-19(21)24-25-26-28/h2-8,16H,9-11H2,1H3,(H,23,29)/t16-/m0/s1. The summed E-state index contributed by atoms with van der Waals surface area (Å²) in [5.41, 5.74) is 2.38. The van der Waals surface area contributed by atoms with Crippen molar-refractivity contribution < 1.29 is 18.7 Å². The van der Waals surface area contributed by atoms with E-state index in [0.29, 0.717) is 23.4 Å². The summed E-state index contributed by atoms with van der Waals surface area (Å²) in [6.45, 7) is 2.22. The van der Waals surface area contributed by atoms with Crippen LogP contribution in [0.25, 0.3) is 11.1 Å². The van der Waals surface area contributed by atoms with Crippen LogP contribution in [0.2, 0.25) is 5.28 Å². The van der Waals surface area contributed by atoms with Crippen molar-refractivity contribution in [2.75, 3.05) is 18.0 Å². The average molecular weight is 445 g/mol. The van der Waals surface area contributed by atoms with Crippen molar-refractivity contribution in [3.8, 4) is 11.1 Å². The zero-order chi connectivity index (χ0) is 22.0. The minimum atomic E-state index is -0.576. The van der Waals surface area contributed by atoms with Gasteiger partial charge in [-0.15, -0.1) is 0 Å². The Morgan fingerprint density at radius 1 is 1.29 bits per heavy atom. The highest BCUT2D eigenvalue weighted by Gasteiger charge is 2.32. The van der Waals surface area contributed by atoms with Gasteiger partial charge >= 0.3 is 6.09 Å². The number of ether oxygens (including phenoxy) is 1. The number of nitrogens with one attached hydrogen (secondary N) is 1. The SMILES string of the molecule is CC(=O)NC[C@H]1CN(c2ccc(-c3ccc(Cn4nnnc4Cl)cc3)c(F)c2)C(=O)O1. The fraction of sp³-hybridized carbons (Fsp3) is 0.250. The van der Waals surface area contributed by atoms with E-state index >= 15 is 0 Å². The second-order valence-electron chi connectivity index (χ2n) is 7.02. The normalized spacial score (nSPS) is 15.8. The van der Waals surface area contributed by atoms with Gasteiger partial charge in [-0.05, 0) is 51.4 Å². The van der Waals surface area contributed by atoms with Crippen LogP contribution in [-0.4, -0.2) is 51.4 Å². The molecule has 3 aromatic rings. The third kappa shape index (κ3) is 4.64. The van der Waals surface area contributed by atoms with Crippen LogP contribution < -0.4 is 10.2 Å². The minimum Gasteiger partial charge on any atom is -0.442 e. The predicted molar refractivity (Wildman–Crippen MR) is 110 cm³/mol. The molecule has 1 fully saturated rings. The largest absolute Gasteiger partial charge is 0.442 e. The summed E-state index contributed by atoms with van der Waals surface area (Å²) in [5, 5.41) is 13.7. The van der Waals surface area contributed by atoms with E-state index in [1.165, 1.54) is 22.6 Å². The monoisotopic (exact) mass is 444 g/mol. The molecule has 11 heteroatoms. The van der Waals surface area contributed by atoms with Gasteiger partial charge in [-0.2, -0.15) is 0 Å². The molecule has 0 radical (unpaired) electrons. The number of cyclic esters (lactones) is 1. The summed E-state index contributed by atoms with van der Waals surface area (Å²) < 4.78 is 21.5. The Balaban J connectivity index is 1.47. The lowest BCUT2D eigenvalue weighted by Gasteiger charge is -2.14. The van der Waals surface area contributed by atoms with Crippen molar-refractivity contribution in [1.82, 2.24) is 25.5 Å². The molecule has 2 heterocycles. The van der Waals surface area contributed by atoms with Crippen LogP contribution in [0.4, 0.5) is 14.9 Å². The molecular weight excluding hydrogens is 427 g/mol. The Morgan fingerprint density at radius 2 is 2.06 bits per heavy atom. The number of hydrogen-bond donors (Lipinski definition) is 1. The number of amides is 2. The Kier molecular flexibility index (Phi) is 5.81. The highest BCUT2D eigenvalue weighted by Crippen LogP contribution is 2.29. The number of aromatic nitrogens is 4. The second kappa shape index (κ2) is 8.68. The molecule has 1 N–H and O–H groups in total. The molecule has 0 spiro atoms. The molecule has 160 valence electrons. The molecule has 1 aliphatic heterocycles. The van der Waals surface area contributed by atoms with Gasteiger partial charge in [0.1, 0.15) is 11.9 Å². The van der Waals surface area contributed by atoms with E-state index in [4.69, 9.17) is 16.3 Å². The number of carbonyl (C=O) groups is 2. The van der Waals surface area contributed by atoms with Crippen molar-refractivity contribution >= 4 is 29.3 Å². The third-order valence-electron chi connectivity index (χ3n) is 4.80. The number of halogens is 2. The first-order valence-electron chi connectivity index (χ1n) is 9.44. The van der Waals surface area contributed by atoms with E-state index in [2.05, 4.69) is 20.8 Å². The van der Waals surface area contributed by atoms with E-state index in [1.807, 2.05) is 12.1 Å². The minimum absolute atomic E-state index is 0.186. The predicted octanol–water partition coefficient (Wildman–Crippen LogP) is 2.64. The summed E-state index contributed by atoms with van der Waals surface area (Å²) in [5.74, 6) is -0.677. The first-order valence-corrected chi connectivity index (χ1v) is 9.81. The average Bonchev–Trinajstić information content (AvgIpc) is 3.32. The van der Waals surface area contributed by atoms with Crippen molar-refractivity contribution in [2.45, 2.75) is 19.6 Å².